The maximum Gasteiger partial charge on any atom is 0.261 e. The number of hydrogen-bond donors (Lipinski definition) is 1. The fraction of sp³-hybridized carbons (Fsp3) is 0.348. The first kappa shape index (κ1) is 23.1. The summed E-state index contributed by atoms with van der Waals surface area (Å²) in [5.41, 5.74) is 1.56. The summed E-state index contributed by atoms with van der Waals surface area (Å²) in [4.78, 5) is 38.3. The Labute approximate surface area is 192 Å². The lowest BCUT2D eigenvalue weighted by molar-refractivity contribution is -0.121. The van der Waals surface area contributed by atoms with Crippen LogP contribution in [-0.4, -0.2) is 68.2 Å². The first-order chi connectivity index (χ1) is 15.9. The number of morpholine rings is 1. The molecule has 2 aliphatic heterocycles. The van der Waals surface area contributed by atoms with Crippen LogP contribution in [0, 0.1) is 0 Å². The first-order valence-corrected chi connectivity index (χ1v) is 12.2. The molecule has 2 aromatic rings. The van der Waals surface area contributed by atoms with E-state index in [2.05, 4.69) is 5.32 Å². The Balaban J connectivity index is 1.23. The number of fused-ring (bicyclic) bond motifs is 1. The van der Waals surface area contributed by atoms with E-state index in [0.29, 0.717) is 43.9 Å². The molecule has 3 amide bonds. The van der Waals surface area contributed by atoms with E-state index in [-0.39, 0.29) is 42.1 Å². The van der Waals surface area contributed by atoms with E-state index < -0.39 is 10.0 Å². The maximum absolute atomic E-state index is 12.7. The number of amides is 3. The highest BCUT2D eigenvalue weighted by Crippen LogP contribution is 2.22. The third kappa shape index (κ3) is 4.97. The Morgan fingerprint density at radius 3 is 2.15 bits per heavy atom. The maximum atomic E-state index is 12.7. The highest BCUT2D eigenvalue weighted by Gasteiger charge is 2.34. The second kappa shape index (κ2) is 9.82. The molecule has 0 bridgehead atoms. The third-order valence-electron chi connectivity index (χ3n) is 5.68. The second-order valence-corrected chi connectivity index (χ2v) is 9.79. The van der Waals surface area contributed by atoms with Gasteiger partial charge in [0.15, 0.2) is 0 Å². The number of carbonyl (C=O) groups excluding carboxylic acids is 3. The van der Waals surface area contributed by atoms with Crippen LogP contribution >= 0.6 is 0 Å². The molecular weight excluding hydrogens is 446 g/mol. The van der Waals surface area contributed by atoms with Crippen molar-refractivity contribution in [2.24, 2.45) is 0 Å². The molecular formula is C23H25N3O6S. The number of benzene rings is 2. The molecule has 9 nitrogen and oxygen atoms in total. The average molecular weight is 472 g/mol. The zero-order valence-corrected chi connectivity index (χ0v) is 18.8. The minimum Gasteiger partial charge on any atom is -0.379 e. The van der Waals surface area contributed by atoms with Gasteiger partial charge in [0.2, 0.25) is 15.9 Å². The second-order valence-electron chi connectivity index (χ2n) is 7.85. The van der Waals surface area contributed by atoms with Gasteiger partial charge in [-0.2, -0.15) is 4.31 Å². The highest BCUT2D eigenvalue weighted by molar-refractivity contribution is 7.89. The summed E-state index contributed by atoms with van der Waals surface area (Å²) >= 11 is 0. The molecule has 0 atom stereocenters. The van der Waals surface area contributed by atoms with Crippen molar-refractivity contribution in [3.63, 3.8) is 0 Å². The van der Waals surface area contributed by atoms with Gasteiger partial charge in [-0.3, -0.25) is 19.3 Å². The lowest BCUT2D eigenvalue weighted by Gasteiger charge is -2.26. The number of rotatable bonds is 8. The van der Waals surface area contributed by atoms with E-state index in [1.165, 1.54) is 21.3 Å². The summed E-state index contributed by atoms with van der Waals surface area (Å²) in [6.07, 6.45) is 0.519. The Morgan fingerprint density at radius 1 is 0.939 bits per heavy atom. The van der Waals surface area contributed by atoms with Crippen molar-refractivity contribution in [2.45, 2.75) is 24.3 Å². The van der Waals surface area contributed by atoms with Gasteiger partial charge in [0.25, 0.3) is 11.8 Å². The standard InChI is InChI=1S/C23H25N3O6S/c27-21(6-3-11-26-22(28)19-4-1-2-5-20(19)23(26)29)24-16-17-7-9-18(10-8-17)33(30,31)25-12-14-32-15-13-25/h1-2,4-5,7-10H,3,6,11-16H2,(H,24,27). The Bertz CT molecular complexity index is 1120. The molecule has 0 spiro atoms. The predicted molar refractivity (Wildman–Crippen MR) is 119 cm³/mol. The van der Waals surface area contributed by atoms with Crippen molar-refractivity contribution in [2.75, 3.05) is 32.8 Å². The van der Waals surface area contributed by atoms with E-state index >= 15 is 0 Å². The fourth-order valence-corrected chi connectivity index (χ4v) is 5.25. The molecule has 2 heterocycles. The first-order valence-electron chi connectivity index (χ1n) is 10.8. The van der Waals surface area contributed by atoms with Crippen LogP contribution in [0.3, 0.4) is 0 Å². The molecule has 1 fully saturated rings. The molecule has 174 valence electrons. The fourth-order valence-electron chi connectivity index (χ4n) is 3.84. The number of nitrogens with zero attached hydrogens (tertiary/aromatic N) is 2. The van der Waals surface area contributed by atoms with Crippen LogP contribution in [0.2, 0.25) is 0 Å². The van der Waals surface area contributed by atoms with Crippen LogP contribution in [-0.2, 0) is 26.1 Å². The monoisotopic (exact) mass is 471 g/mol. The molecule has 0 aliphatic carbocycles. The molecule has 0 saturated carbocycles. The van der Waals surface area contributed by atoms with Crippen molar-refractivity contribution >= 4 is 27.7 Å². The summed E-state index contributed by atoms with van der Waals surface area (Å²) in [5.74, 6) is -0.872. The Hall–Kier alpha value is -3.08. The van der Waals surface area contributed by atoms with Crippen LogP contribution < -0.4 is 5.32 Å². The minimum absolute atomic E-state index is 0.164. The Kier molecular flexibility index (Phi) is 6.87. The zero-order chi connectivity index (χ0) is 23.4. The number of carbonyl (C=O) groups is 3. The normalized spacial score (nSPS) is 16.7. The van der Waals surface area contributed by atoms with E-state index in [9.17, 15) is 22.8 Å². The van der Waals surface area contributed by atoms with Gasteiger partial charge >= 0.3 is 0 Å². The van der Waals surface area contributed by atoms with Crippen molar-refractivity contribution in [1.82, 2.24) is 14.5 Å². The van der Waals surface area contributed by atoms with Gasteiger partial charge in [-0.25, -0.2) is 8.42 Å². The zero-order valence-electron chi connectivity index (χ0n) is 18.0. The summed E-state index contributed by atoms with van der Waals surface area (Å²) in [7, 11) is -3.55. The van der Waals surface area contributed by atoms with E-state index in [0.717, 1.165) is 5.56 Å². The largest absolute Gasteiger partial charge is 0.379 e. The summed E-state index contributed by atoms with van der Waals surface area (Å²) in [6.45, 7) is 1.87. The van der Waals surface area contributed by atoms with Crippen molar-refractivity contribution < 1.29 is 27.5 Å². The summed E-state index contributed by atoms with van der Waals surface area (Å²) in [6, 6.07) is 13.1. The summed E-state index contributed by atoms with van der Waals surface area (Å²) < 4.78 is 31.9. The van der Waals surface area contributed by atoms with Gasteiger partial charge in [-0.15, -0.1) is 0 Å². The lowest BCUT2D eigenvalue weighted by atomic mass is 10.1. The number of hydrogen-bond acceptors (Lipinski definition) is 6. The van der Waals surface area contributed by atoms with Crippen molar-refractivity contribution in [3.05, 3.63) is 65.2 Å². The molecule has 0 unspecified atom stereocenters. The number of nitrogens with one attached hydrogen (secondary N) is 1. The smallest absolute Gasteiger partial charge is 0.261 e. The topological polar surface area (TPSA) is 113 Å². The third-order valence-corrected chi connectivity index (χ3v) is 7.60. The SMILES string of the molecule is O=C(CCCN1C(=O)c2ccccc2C1=O)NCc1ccc(S(=O)(=O)N2CCOCC2)cc1. The molecule has 1 N–H and O–H groups in total. The van der Waals surface area contributed by atoms with Gasteiger partial charge in [-0.1, -0.05) is 24.3 Å². The number of ether oxygens (including phenoxy) is 1. The van der Waals surface area contributed by atoms with Crippen LogP contribution in [0.25, 0.3) is 0 Å². The molecule has 2 aromatic carbocycles. The molecule has 1 saturated heterocycles. The quantitative estimate of drug-likeness (QED) is 0.583. The van der Waals surface area contributed by atoms with Gasteiger partial charge in [0.05, 0.1) is 29.2 Å². The molecule has 2 aliphatic rings. The Morgan fingerprint density at radius 2 is 1.55 bits per heavy atom. The molecule has 0 radical (unpaired) electrons. The molecule has 4 rings (SSSR count). The molecule has 10 heteroatoms. The lowest BCUT2D eigenvalue weighted by Crippen LogP contribution is -2.40. The minimum atomic E-state index is -3.55. The summed E-state index contributed by atoms with van der Waals surface area (Å²) in [5, 5.41) is 2.78. The van der Waals surface area contributed by atoms with Crippen molar-refractivity contribution in [1.29, 1.82) is 0 Å². The van der Waals surface area contributed by atoms with Crippen LogP contribution in [0.5, 0.6) is 0 Å². The van der Waals surface area contributed by atoms with Crippen LogP contribution in [0.15, 0.2) is 53.4 Å². The van der Waals surface area contributed by atoms with Crippen LogP contribution in [0.1, 0.15) is 39.1 Å². The number of sulfonamides is 1. The van der Waals surface area contributed by atoms with E-state index in [1.807, 2.05) is 0 Å². The van der Waals surface area contributed by atoms with E-state index in [4.69, 9.17) is 4.74 Å². The van der Waals surface area contributed by atoms with Crippen LogP contribution in [0.4, 0.5) is 0 Å². The highest BCUT2D eigenvalue weighted by atomic mass is 32.2. The predicted octanol–water partition coefficient (Wildman–Crippen LogP) is 1.40. The van der Waals surface area contributed by atoms with Gasteiger partial charge < -0.3 is 10.1 Å². The van der Waals surface area contributed by atoms with Gasteiger partial charge in [0.1, 0.15) is 0 Å². The van der Waals surface area contributed by atoms with Gasteiger partial charge in [0, 0.05) is 32.6 Å². The molecule has 0 aromatic heterocycles. The van der Waals surface area contributed by atoms with Gasteiger partial charge in [-0.05, 0) is 36.2 Å². The number of imide groups is 1. The van der Waals surface area contributed by atoms with E-state index in [1.54, 1.807) is 36.4 Å². The van der Waals surface area contributed by atoms with Crippen molar-refractivity contribution in [3.8, 4) is 0 Å². The molecule has 33 heavy (non-hydrogen) atoms. The average Bonchev–Trinajstić information content (AvgIpc) is 3.08.